The second-order valence-electron chi connectivity index (χ2n) is 5.71. The van der Waals surface area contributed by atoms with Crippen molar-refractivity contribution < 1.29 is 14.6 Å². The van der Waals surface area contributed by atoms with Gasteiger partial charge in [-0.2, -0.15) is 0 Å². The van der Waals surface area contributed by atoms with E-state index in [0.717, 1.165) is 5.56 Å². The molecule has 1 aromatic heterocycles. The highest BCUT2D eigenvalue weighted by atomic mass is 16.5. The van der Waals surface area contributed by atoms with E-state index < -0.39 is 12.0 Å². The lowest BCUT2D eigenvalue weighted by Crippen LogP contribution is -2.47. The van der Waals surface area contributed by atoms with E-state index in [0.29, 0.717) is 32.0 Å². The molecule has 0 aliphatic carbocycles. The third kappa shape index (κ3) is 3.69. The third-order valence-corrected chi connectivity index (χ3v) is 4.08. The number of nitrogens with two attached hydrogens (primary N) is 1. The van der Waals surface area contributed by atoms with Gasteiger partial charge in [0.15, 0.2) is 0 Å². The van der Waals surface area contributed by atoms with Crippen LogP contribution in [0.15, 0.2) is 42.7 Å². The minimum atomic E-state index is -0.613. The van der Waals surface area contributed by atoms with E-state index in [1.807, 2.05) is 35.2 Å². The second-order valence-corrected chi connectivity index (χ2v) is 5.71. The summed E-state index contributed by atoms with van der Waals surface area (Å²) in [6.45, 7) is 1.65. The van der Waals surface area contributed by atoms with Crippen LogP contribution in [0.25, 0.3) is 0 Å². The number of amides is 1. The molecule has 1 fully saturated rings. The van der Waals surface area contributed by atoms with Gasteiger partial charge in [-0.25, -0.2) is 4.98 Å². The van der Waals surface area contributed by atoms with Gasteiger partial charge in [-0.15, -0.1) is 0 Å². The molecule has 0 saturated carbocycles. The Morgan fingerprint density at radius 3 is 2.92 bits per heavy atom. The number of hydrogen-bond donors (Lipinski definition) is 2. The molecule has 24 heavy (non-hydrogen) atoms. The first kappa shape index (κ1) is 16.4. The molecule has 2 heterocycles. The summed E-state index contributed by atoms with van der Waals surface area (Å²) in [6.07, 6.45) is 2.83. The van der Waals surface area contributed by atoms with Crippen LogP contribution >= 0.6 is 0 Å². The number of hydrogen-bond acceptors (Lipinski definition) is 6. The Bertz CT molecular complexity index is 695. The molecule has 2 atom stereocenters. The van der Waals surface area contributed by atoms with Crippen molar-refractivity contribution in [1.29, 1.82) is 0 Å². The average molecular weight is 328 g/mol. The number of anilines is 1. The topological polar surface area (TPSA) is 102 Å². The molecule has 3 N–H and O–H groups in total. The number of primary amides is 1. The van der Waals surface area contributed by atoms with Crippen LogP contribution in [0.5, 0.6) is 0 Å². The van der Waals surface area contributed by atoms with Gasteiger partial charge in [-0.1, -0.05) is 30.3 Å². The SMILES string of the molecule is NC(=O)c1cncc(N2CCOCC2CC(O)c2ccccc2)n1. The van der Waals surface area contributed by atoms with Gasteiger partial charge in [0, 0.05) is 13.0 Å². The zero-order chi connectivity index (χ0) is 16.9. The molecule has 7 heteroatoms. The van der Waals surface area contributed by atoms with Crippen molar-refractivity contribution in [3.05, 3.63) is 54.0 Å². The number of ether oxygens (including phenoxy) is 1. The summed E-state index contributed by atoms with van der Waals surface area (Å²) >= 11 is 0. The Kier molecular flexibility index (Phi) is 5.02. The van der Waals surface area contributed by atoms with E-state index in [1.54, 1.807) is 6.20 Å². The Labute approximate surface area is 140 Å². The maximum absolute atomic E-state index is 11.3. The van der Waals surface area contributed by atoms with E-state index in [1.165, 1.54) is 6.20 Å². The number of aromatic nitrogens is 2. The molecule has 126 valence electrons. The number of rotatable bonds is 5. The number of aliphatic hydroxyl groups excluding tert-OH is 1. The predicted molar refractivity (Wildman–Crippen MR) is 88.5 cm³/mol. The van der Waals surface area contributed by atoms with Crippen LogP contribution < -0.4 is 10.6 Å². The van der Waals surface area contributed by atoms with E-state index >= 15 is 0 Å². The number of aliphatic hydroxyl groups is 1. The summed E-state index contributed by atoms with van der Waals surface area (Å²) in [5, 5.41) is 10.5. The standard InChI is InChI=1S/C17H20N4O3/c18-17(23)14-9-19-10-16(20-14)21-6-7-24-11-13(21)8-15(22)12-4-2-1-3-5-12/h1-5,9-10,13,15,22H,6-8,11H2,(H2,18,23). The van der Waals surface area contributed by atoms with Crippen molar-refractivity contribution in [2.24, 2.45) is 5.73 Å². The van der Waals surface area contributed by atoms with E-state index in [9.17, 15) is 9.90 Å². The Morgan fingerprint density at radius 1 is 1.38 bits per heavy atom. The highest BCUT2D eigenvalue weighted by Gasteiger charge is 2.27. The van der Waals surface area contributed by atoms with Crippen molar-refractivity contribution in [1.82, 2.24) is 9.97 Å². The molecule has 0 bridgehead atoms. The maximum atomic E-state index is 11.3. The monoisotopic (exact) mass is 328 g/mol. The Balaban J connectivity index is 1.78. The van der Waals surface area contributed by atoms with Gasteiger partial charge in [0.1, 0.15) is 11.5 Å². The summed E-state index contributed by atoms with van der Waals surface area (Å²) in [5.74, 6) is -0.0432. The number of carbonyl (C=O) groups is 1. The molecule has 3 rings (SSSR count). The van der Waals surface area contributed by atoms with E-state index in [-0.39, 0.29) is 11.7 Å². The molecular formula is C17H20N4O3. The zero-order valence-electron chi connectivity index (χ0n) is 13.2. The molecule has 1 saturated heterocycles. The smallest absolute Gasteiger partial charge is 0.268 e. The average Bonchev–Trinajstić information content (AvgIpc) is 2.63. The van der Waals surface area contributed by atoms with Crippen molar-refractivity contribution in [3.8, 4) is 0 Å². The van der Waals surface area contributed by atoms with Gasteiger partial charge in [0.2, 0.25) is 0 Å². The lowest BCUT2D eigenvalue weighted by molar-refractivity contribution is 0.0675. The van der Waals surface area contributed by atoms with Gasteiger partial charge >= 0.3 is 0 Å². The first-order chi connectivity index (χ1) is 11.6. The first-order valence-electron chi connectivity index (χ1n) is 7.84. The highest BCUT2D eigenvalue weighted by Crippen LogP contribution is 2.25. The molecule has 1 aromatic carbocycles. The number of nitrogens with zero attached hydrogens (tertiary/aromatic N) is 3. The molecular weight excluding hydrogens is 308 g/mol. The normalized spacial score (nSPS) is 19.0. The number of carbonyl (C=O) groups excluding carboxylic acids is 1. The van der Waals surface area contributed by atoms with Gasteiger partial charge < -0.3 is 20.5 Å². The summed E-state index contributed by atoms with van der Waals surface area (Å²) in [4.78, 5) is 21.6. The molecule has 2 aromatic rings. The van der Waals surface area contributed by atoms with Crippen LogP contribution in [0.3, 0.4) is 0 Å². The summed E-state index contributed by atoms with van der Waals surface area (Å²) < 4.78 is 5.56. The minimum absolute atomic E-state index is 0.0635. The van der Waals surface area contributed by atoms with Crippen LogP contribution in [-0.2, 0) is 4.74 Å². The predicted octanol–water partition coefficient (Wildman–Crippen LogP) is 0.904. The summed E-state index contributed by atoms with van der Waals surface area (Å²) in [7, 11) is 0. The van der Waals surface area contributed by atoms with Gasteiger partial charge in [-0.3, -0.25) is 9.78 Å². The molecule has 7 nitrogen and oxygen atoms in total. The Morgan fingerprint density at radius 2 is 2.17 bits per heavy atom. The Hall–Kier alpha value is -2.51. The lowest BCUT2D eigenvalue weighted by atomic mass is 10.0. The van der Waals surface area contributed by atoms with Crippen LogP contribution in [0.4, 0.5) is 5.82 Å². The second kappa shape index (κ2) is 7.37. The first-order valence-corrected chi connectivity index (χ1v) is 7.84. The quantitative estimate of drug-likeness (QED) is 0.846. The van der Waals surface area contributed by atoms with Crippen LogP contribution in [-0.4, -0.2) is 46.8 Å². The highest BCUT2D eigenvalue weighted by molar-refractivity contribution is 5.90. The van der Waals surface area contributed by atoms with E-state index in [2.05, 4.69) is 9.97 Å². The van der Waals surface area contributed by atoms with E-state index in [4.69, 9.17) is 10.5 Å². The fourth-order valence-corrected chi connectivity index (χ4v) is 2.83. The fraction of sp³-hybridized carbons (Fsp3) is 0.353. The zero-order valence-corrected chi connectivity index (χ0v) is 13.2. The number of benzene rings is 1. The lowest BCUT2D eigenvalue weighted by Gasteiger charge is -2.37. The maximum Gasteiger partial charge on any atom is 0.268 e. The van der Waals surface area contributed by atoms with Gasteiger partial charge in [0.05, 0.1) is 37.8 Å². The van der Waals surface area contributed by atoms with Crippen LogP contribution in [0, 0.1) is 0 Å². The molecule has 0 radical (unpaired) electrons. The molecule has 2 unspecified atom stereocenters. The van der Waals surface area contributed by atoms with Crippen molar-refractivity contribution >= 4 is 11.7 Å². The van der Waals surface area contributed by atoms with Crippen molar-refractivity contribution in [2.45, 2.75) is 18.6 Å². The van der Waals surface area contributed by atoms with Crippen LogP contribution in [0.2, 0.25) is 0 Å². The molecule has 1 aliphatic heterocycles. The number of morpholine rings is 1. The van der Waals surface area contributed by atoms with Crippen molar-refractivity contribution in [3.63, 3.8) is 0 Å². The fourth-order valence-electron chi connectivity index (χ4n) is 2.83. The summed E-state index contributed by atoms with van der Waals surface area (Å²) in [5.41, 5.74) is 6.27. The van der Waals surface area contributed by atoms with Gasteiger partial charge in [0.25, 0.3) is 5.91 Å². The summed E-state index contributed by atoms with van der Waals surface area (Å²) in [6, 6.07) is 9.44. The third-order valence-electron chi connectivity index (χ3n) is 4.08. The molecule has 1 amide bonds. The van der Waals surface area contributed by atoms with Crippen molar-refractivity contribution in [2.75, 3.05) is 24.7 Å². The molecule has 1 aliphatic rings. The molecule has 0 spiro atoms. The van der Waals surface area contributed by atoms with Crippen LogP contribution in [0.1, 0.15) is 28.6 Å². The van der Waals surface area contributed by atoms with Gasteiger partial charge in [-0.05, 0) is 5.56 Å². The largest absolute Gasteiger partial charge is 0.388 e. The minimum Gasteiger partial charge on any atom is -0.388 e.